The Bertz CT molecular complexity index is 431. The third kappa shape index (κ3) is 2.05. The van der Waals surface area contributed by atoms with Crippen LogP contribution in [0.25, 0.3) is 0 Å². The summed E-state index contributed by atoms with van der Waals surface area (Å²) in [5.74, 6) is 0. The molecule has 0 aliphatic heterocycles. The monoisotopic (exact) mass is 210 g/mol. The highest BCUT2D eigenvalue weighted by atomic mass is 16.6. The Labute approximate surface area is 83.5 Å². The number of rotatable bonds is 4. The van der Waals surface area contributed by atoms with Crippen molar-refractivity contribution in [3.8, 4) is 0 Å². The fourth-order valence-corrected chi connectivity index (χ4v) is 1.05. The van der Waals surface area contributed by atoms with Crippen LogP contribution >= 0.6 is 0 Å². The van der Waals surface area contributed by atoms with E-state index >= 15 is 0 Å². The summed E-state index contributed by atoms with van der Waals surface area (Å²) < 4.78 is 0. The van der Waals surface area contributed by atoms with Crippen LogP contribution in [0.2, 0.25) is 0 Å². The molecule has 0 unspecified atom stereocenters. The van der Waals surface area contributed by atoms with E-state index in [1.165, 1.54) is 12.1 Å². The first-order valence-electron chi connectivity index (χ1n) is 3.71. The first-order chi connectivity index (χ1) is 7.07. The van der Waals surface area contributed by atoms with Gasteiger partial charge in [-0.2, -0.15) is 5.10 Å². The standard InChI is InChI=1S/C7H6N4O4/c1-8-9-5-3-2-4-6(10(12)13)7(5)11(14)15/h2-4,9H,1H2. The van der Waals surface area contributed by atoms with Gasteiger partial charge in [0, 0.05) is 12.8 Å². The van der Waals surface area contributed by atoms with E-state index in [0.29, 0.717) is 0 Å². The van der Waals surface area contributed by atoms with Crippen molar-refractivity contribution < 1.29 is 9.85 Å². The quantitative estimate of drug-likeness (QED) is 0.460. The molecule has 1 N–H and O–H groups in total. The first-order valence-corrected chi connectivity index (χ1v) is 3.71. The molecule has 0 aromatic heterocycles. The maximum Gasteiger partial charge on any atom is 0.370 e. The number of anilines is 1. The third-order valence-electron chi connectivity index (χ3n) is 1.59. The van der Waals surface area contributed by atoms with E-state index < -0.39 is 21.2 Å². The van der Waals surface area contributed by atoms with Gasteiger partial charge in [-0.05, 0) is 6.07 Å². The van der Waals surface area contributed by atoms with Crippen LogP contribution in [0.15, 0.2) is 23.3 Å². The van der Waals surface area contributed by atoms with Gasteiger partial charge in [-0.25, -0.2) is 0 Å². The number of benzene rings is 1. The van der Waals surface area contributed by atoms with Gasteiger partial charge in [-0.3, -0.25) is 25.7 Å². The fourth-order valence-electron chi connectivity index (χ4n) is 1.05. The lowest BCUT2D eigenvalue weighted by Gasteiger charge is -2.00. The van der Waals surface area contributed by atoms with Crippen LogP contribution in [0.4, 0.5) is 17.1 Å². The van der Waals surface area contributed by atoms with Crippen LogP contribution in [0.3, 0.4) is 0 Å². The summed E-state index contributed by atoms with van der Waals surface area (Å²) in [5, 5.41) is 24.4. The molecule has 0 aliphatic carbocycles. The molecule has 1 aromatic carbocycles. The van der Waals surface area contributed by atoms with Crippen molar-refractivity contribution >= 4 is 23.8 Å². The van der Waals surface area contributed by atoms with Crippen LogP contribution in [0, 0.1) is 20.2 Å². The number of hydrogen-bond acceptors (Lipinski definition) is 6. The third-order valence-corrected chi connectivity index (χ3v) is 1.59. The number of nitro benzene ring substituents is 2. The molecule has 0 fully saturated rings. The molecule has 0 atom stereocenters. The summed E-state index contributed by atoms with van der Waals surface area (Å²) in [6, 6.07) is 3.67. The predicted octanol–water partition coefficient (Wildman–Crippen LogP) is 1.53. The van der Waals surface area contributed by atoms with Crippen LogP contribution < -0.4 is 5.43 Å². The summed E-state index contributed by atoms with van der Waals surface area (Å²) in [6.45, 7) is 3.08. The fraction of sp³-hybridized carbons (Fsp3) is 0. The largest absolute Gasteiger partial charge is 0.370 e. The Morgan fingerprint density at radius 3 is 2.40 bits per heavy atom. The zero-order valence-corrected chi connectivity index (χ0v) is 7.41. The zero-order chi connectivity index (χ0) is 11.4. The van der Waals surface area contributed by atoms with Crippen molar-refractivity contribution in [2.24, 2.45) is 5.10 Å². The minimum Gasteiger partial charge on any atom is -0.272 e. The number of nitrogens with zero attached hydrogens (tertiary/aromatic N) is 3. The Kier molecular flexibility index (Phi) is 2.91. The molecule has 78 valence electrons. The highest BCUT2D eigenvalue weighted by molar-refractivity contribution is 5.71. The predicted molar refractivity (Wildman–Crippen MR) is 52.9 cm³/mol. The number of hydrogen-bond donors (Lipinski definition) is 1. The highest BCUT2D eigenvalue weighted by Gasteiger charge is 2.27. The van der Waals surface area contributed by atoms with Gasteiger partial charge in [0.15, 0.2) is 0 Å². The molecule has 0 radical (unpaired) electrons. The van der Waals surface area contributed by atoms with E-state index in [-0.39, 0.29) is 5.69 Å². The number of para-hydroxylation sites is 1. The zero-order valence-electron chi connectivity index (χ0n) is 7.41. The Balaban J connectivity index is 3.40. The lowest BCUT2D eigenvalue weighted by molar-refractivity contribution is -0.421. The number of nitro groups is 2. The molecule has 1 aromatic rings. The van der Waals surface area contributed by atoms with Crippen molar-refractivity contribution in [3.05, 3.63) is 38.4 Å². The summed E-state index contributed by atoms with van der Waals surface area (Å²) in [6.07, 6.45) is 0. The van der Waals surface area contributed by atoms with Gasteiger partial charge in [-0.15, -0.1) is 0 Å². The topological polar surface area (TPSA) is 111 Å². The van der Waals surface area contributed by atoms with Crippen molar-refractivity contribution in [1.29, 1.82) is 0 Å². The van der Waals surface area contributed by atoms with Crippen molar-refractivity contribution in [2.45, 2.75) is 0 Å². The van der Waals surface area contributed by atoms with Crippen LogP contribution in [-0.2, 0) is 0 Å². The molecule has 0 saturated carbocycles. The second-order valence-electron chi connectivity index (χ2n) is 2.46. The second-order valence-corrected chi connectivity index (χ2v) is 2.46. The normalized spacial score (nSPS) is 9.33. The minimum absolute atomic E-state index is 0.0656. The van der Waals surface area contributed by atoms with Gasteiger partial charge in [0.25, 0.3) is 0 Å². The molecule has 0 spiro atoms. The average molecular weight is 210 g/mol. The maximum atomic E-state index is 10.6. The first kappa shape index (κ1) is 10.6. The molecule has 0 amide bonds. The lowest BCUT2D eigenvalue weighted by atomic mass is 10.2. The van der Waals surface area contributed by atoms with Gasteiger partial charge in [0.05, 0.1) is 9.85 Å². The van der Waals surface area contributed by atoms with Crippen molar-refractivity contribution in [2.75, 3.05) is 5.43 Å². The van der Waals surface area contributed by atoms with E-state index in [1.54, 1.807) is 0 Å². The molecule has 8 heteroatoms. The SMILES string of the molecule is C=NNc1cccc([N+](=O)[O-])c1[N+](=O)[O-]. The van der Waals surface area contributed by atoms with Gasteiger partial charge in [0.1, 0.15) is 5.69 Å². The van der Waals surface area contributed by atoms with E-state index in [0.717, 1.165) is 6.07 Å². The van der Waals surface area contributed by atoms with E-state index in [4.69, 9.17) is 0 Å². The Hall–Kier alpha value is -2.51. The van der Waals surface area contributed by atoms with Crippen LogP contribution in [0.5, 0.6) is 0 Å². The van der Waals surface area contributed by atoms with Crippen molar-refractivity contribution in [1.82, 2.24) is 0 Å². The minimum atomic E-state index is -0.842. The molecule has 1 rings (SSSR count). The molecule has 0 saturated heterocycles. The lowest BCUT2D eigenvalue weighted by Crippen LogP contribution is -2.00. The molecule has 8 nitrogen and oxygen atoms in total. The molecule has 15 heavy (non-hydrogen) atoms. The van der Waals surface area contributed by atoms with Crippen molar-refractivity contribution in [3.63, 3.8) is 0 Å². The number of nitrogens with one attached hydrogen (secondary N) is 1. The van der Waals surface area contributed by atoms with Crippen LogP contribution in [0.1, 0.15) is 0 Å². The molecular weight excluding hydrogens is 204 g/mol. The summed E-state index contributed by atoms with van der Waals surface area (Å²) in [4.78, 5) is 19.5. The summed E-state index contributed by atoms with van der Waals surface area (Å²) in [7, 11) is 0. The highest BCUT2D eigenvalue weighted by Crippen LogP contribution is 2.33. The Morgan fingerprint density at radius 2 is 1.93 bits per heavy atom. The second kappa shape index (κ2) is 4.13. The smallest absolute Gasteiger partial charge is 0.272 e. The Morgan fingerprint density at radius 1 is 1.27 bits per heavy atom. The van der Waals surface area contributed by atoms with Gasteiger partial charge in [-0.1, -0.05) is 6.07 Å². The van der Waals surface area contributed by atoms with E-state index in [2.05, 4.69) is 17.2 Å². The molecule has 0 heterocycles. The maximum absolute atomic E-state index is 10.6. The molecule has 0 bridgehead atoms. The van der Waals surface area contributed by atoms with E-state index in [1.807, 2.05) is 0 Å². The number of hydrazone groups is 1. The van der Waals surface area contributed by atoms with Gasteiger partial charge < -0.3 is 0 Å². The van der Waals surface area contributed by atoms with E-state index in [9.17, 15) is 20.2 Å². The van der Waals surface area contributed by atoms with Gasteiger partial charge in [0.2, 0.25) is 0 Å². The average Bonchev–Trinajstić information content (AvgIpc) is 2.17. The summed E-state index contributed by atoms with van der Waals surface area (Å²) in [5.41, 5.74) is 0.936. The molecule has 0 aliphatic rings. The van der Waals surface area contributed by atoms with Gasteiger partial charge >= 0.3 is 11.4 Å². The summed E-state index contributed by atoms with van der Waals surface area (Å²) >= 11 is 0. The van der Waals surface area contributed by atoms with Crippen LogP contribution in [-0.4, -0.2) is 16.6 Å². The molecular formula is C7H6N4O4.